The number of likely N-dealkylation sites (tertiary alicyclic amines) is 1. The lowest BCUT2D eigenvalue weighted by Crippen LogP contribution is -2.63. The minimum absolute atomic E-state index is 0.159. The molecule has 2 fully saturated rings. The zero-order chi connectivity index (χ0) is 19.1. The molecule has 1 N–H and O–H groups in total. The summed E-state index contributed by atoms with van der Waals surface area (Å²) in [6, 6.07) is 4.29. The van der Waals surface area contributed by atoms with Crippen LogP contribution in [-0.4, -0.2) is 55.7 Å². The Bertz CT molecular complexity index is 689. The van der Waals surface area contributed by atoms with Gasteiger partial charge < -0.3 is 19.5 Å². The van der Waals surface area contributed by atoms with E-state index in [9.17, 15) is 9.90 Å². The van der Waals surface area contributed by atoms with Gasteiger partial charge in [-0.2, -0.15) is 0 Å². The van der Waals surface area contributed by atoms with Crippen LogP contribution in [0.15, 0.2) is 12.1 Å². The number of piperidine rings is 1. The number of hydrogen-bond acceptors (Lipinski definition) is 5. The number of fused-ring (bicyclic) bond motifs is 1. The number of nitrogens with zero attached hydrogens (tertiary/aromatic N) is 1. The van der Waals surface area contributed by atoms with Crippen LogP contribution in [0.2, 0.25) is 0 Å². The van der Waals surface area contributed by atoms with E-state index in [0.29, 0.717) is 24.1 Å². The zero-order valence-electron chi connectivity index (χ0n) is 16.5. The lowest BCUT2D eigenvalue weighted by Gasteiger charge is -2.58. The Hall–Kier alpha value is -1.59. The van der Waals surface area contributed by atoms with E-state index in [4.69, 9.17) is 9.47 Å². The van der Waals surface area contributed by atoms with Crippen LogP contribution in [0, 0.1) is 5.92 Å². The Morgan fingerprint density at radius 2 is 2.00 bits per heavy atom. The van der Waals surface area contributed by atoms with E-state index in [1.807, 2.05) is 19.9 Å². The van der Waals surface area contributed by atoms with Gasteiger partial charge in [-0.15, -0.1) is 0 Å². The van der Waals surface area contributed by atoms with Gasteiger partial charge in [0.05, 0.1) is 7.11 Å². The molecule has 1 aromatic carbocycles. The van der Waals surface area contributed by atoms with Crippen molar-refractivity contribution >= 4 is 5.78 Å². The molecule has 0 spiro atoms. The van der Waals surface area contributed by atoms with E-state index < -0.39 is 0 Å². The van der Waals surface area contributed by atoms with Crippen molar-refractivity contribution in [3.05, 3.63) is 23.3 Å². The Morgan fingerprint density at radius 3 is 2.65 bits per heavy atom. The molecular formula is C21H31NO4. The molecule has 4 atom stereocenters. The first kappa shape index (κ1) is 19.2. The summed E-state index contributed by atoms with van der Waals surface area (Å²) in [4.78, 5) is 15.1. The topological polar surface area (TPSA) is 59.0 Å². The Morgan fingerprint density at radius 1 is 1.27 bits per heavy atom. The fourth-order valence-electron chi connectivity index (χ4n) is 5.45. The maximum atomic E-state index is 12.7. The summed E-state index contributed by atoms with van der Waals surface area (Å²) in [6.07, 6.45) is 2.67. The molecule has 0 radical (unpaired) electrons. The fourth-order valence-corrected chi connectivity index (χ4v) is 5.45. The van der Waals surface area contributed by atoms with Gasteiger partial charge in [-0.3, -0.25) is 4.79 Å². The summed E-state index contributed by atoms with van der Waals surface area (Å²) in [5.41, 5.74) is 1.83. The standard InChI is InChI=1S/C19H25NO4.C2H6/c1-20-7-6-19-10-14(21)16(24-3)9-12(19)13(20)8-11-4-5-15(23-2)18(22)17(11)19;1-2/h4-5,12-13,16,22H,6-10H2,1-3H3;1-2H3/t12?,13?,16?,19-;/m1./s1. The second-order valence-corrected chi connectivity index (χ2v) is 7.52. The average Bonchev–Trinajstić information content (AvgIpc) is 2.65. The summed E-state index contributed by atoms with van der Waals surface area (Å²) in [5, 5.41) is 10.9. The van der Waals surface area contributed by atoms with Gasteiger partial charge in [-0.25, -0.2) is 0 Å². The van der Waals surface area contributed by atoms with Gasteiger partial charge in [-0.1, -0.05) is 19.9 Å². The number of Topliss-reactive ketones (excluding diaryl/α,β-unsaturated/α-hetero) is 1. The van der Waals surface area contributed by atoms with Gasteiger partial charge in [0.2, 0.25) is 0 Å². The highest BCUT2D eigenvalue weighted by atomic mass is 16.5. The van der Waals surface area contributed by atoms with Gasteiger partial charge in [0.25, 0.3) is 0 Å². The van der Waals surface area contributed by atoms with Gasteiger partial charge in [0, 0.05) is 30.6 Å². The lowest BCUT2D eigenvalue weighted by atomic mass is 9.51. The lowest BCUT2D eigenvalue weighted by molar-refractivity contribution is -0.141. The van der Waals surface area contributed by atoms with Gasteiger partial charge in [0.1, 0.15) is 6.10 Å². The Kier molecular flexibility index (Phi) is 5.31. The third kappa shape index (κ3) is 2.64. The number of aromatic hydroxyl groups is 1. The van der Waals surface area contributed by atoms with Gasteiger partial charge in [-0.05, 0) is 50.4 Å². The summed E-state index contributed by atoms with van der Waals surface area (Å²) in [6.45, 7) is 4.95. The molecule has 26 heavy (non-hydrogen) atoms. The highest BCUT2D eigenvalue weighted by Gasteiger charge is 2.58. The number of methoxy groups -OCH3 is 2. The smallest absolute Gasteiger partial charge is 0.162 e. The molecule has 1 saturated heterocycles. The van der Waals surface area contributed by atoms with Crippen LogP contribution in [0.3, 0.4) is 0 Å². The number of rotatable bonds is 2. The van der Waals surface area contributed by atoms with Crippen LogP contribution in [0.1, 0.15) is 44.2 Å². The van der Waals surface area contributed by atoms with Crippen LogP contribution in [0.4, 0.5) is 0 Å². The molecule has 2 aliphatic carbocycles. The molecule has 3 unspecified atom stereocenters. The summed E-state index contributed by atoms with van der Waals surface area (Å²) >= 11 is 0. The number of carbonyl (C=O) groups excluding carboxylic acids is 1. The van der Waals surface area contributed by atoms with E-state index in [2.05, 4.69) is 18.0 Å². The van der Waals surface area contributed by atoms with Crippen molar-refractivity contribution in [2.45, 2.75) is 57.1 Å². The van der Waals surface area contributed by atoms with Crippen molar-refractivity contribution in [1.29, 1.82) is 0 Å². The molecule has 1 heterocycles. The SMILES string of the molecule is CC.COc1ccc2c(c1O)[C@@]13CCN(C)C(C2)C1CC(OC)C(=O)C3. The van der Waals surface area contributed by atoms with E-state index in [1.54, 1.807) is 14.2 Å². The summed E-state index contributed by atoms with van der Waals surface area (Å²) in [7, 11) is 5.36. The third-order valence-corrected chi connectivity index (χ3v) is 6.63. The minimum Gasteiger partial charge on any atom is -0.504 e. The van der Waals surface area contributed by atoms with Crippen molar-refractivity contribution in [3.8, 4) is 11.5 Å². The van der Waals surface area contributed by atoms with Crippen molar-refractivity contribution in [1.82, 2.24) is 4.90 Å². The molecule has 2 bridgehead atoms. The second kappa shape index (κ2) is 7.20. The third-order valence-electron chi connectivity index (χ3n) is 6.63. The number of phenolic OH excluding ortho intramolecular Hbond substituents is 1. The molecule has 3 aliphatic rings. The van der Waals surface area contributed by atoms with Crippen LogP contribution < -0.4 is 4.74 Å². The number of ketones is 1. The second-order valence-electron chi connectivity index (χ2n) is 7.52. The molecule has 0 amide bonds. The van der Waals surface area contributed by atoms with E-state index in [-0.39, 0.29) is 23.1 Å². The predicted octanol–water partition coefficient (Wildman–Crippen LogP) is 2.92. The molecule has 1 saturated carbocycles. The predicted molar refractivity (Wildman–Crippen MR) is 101 cm³/mol. The average molecular weight is 361 g/mol. The fraction of sp³-hybridized carbons (Fsp3) is 0.667. The van der Waals surface area contributed by atoms with Crippen LogP contribution in [0.25, 0.3) is 0 Å². The molecular weight excluding hydrogens is 330 g/mol. The number of likely N-dealkylation sites (N-methyl/N-ethyl adjacent to an activating group) is 1. The monoisotopic (exact) mass is 361 g/mol. The largest absolute Gasteiger partial charge is 0.504 e. The first-order chi connectivity index (χ1) is 12.5. The molecule has 1 aromatic rings. The van der Waals surface area contributed by atoms with E-state index in [0.717, 1.165) is 36.9 Å². The summed E-state index contributed by atoms with van der Waals surface area (Å²) in [5.74, 6) is 1.21. The number of ether oxygens (including phenoxy) is 2. The molecule has 5 nitrogen and oxygen atoms in total. The van der Waals surface area contributed by atoms with E-state index in [1.165, 1.54) is 0 Å². The summed E-state index contributed by atoms with van der Waals surface area (Å²) < 4.78 is 10.8. The van der Waals surface area contributed by atoms with Crippen molar-refractivity contribution in [2.24, 2.45) is 5.92 Å². The van der Waals surface area contributed by atoms with Crippen LogP contribution >= 0.6 is 0 Å². The van der Waals surface area contributed by atoms with Crippen molar-refractivity contribution < 1.29 is 19.4 Å². The highest BCUT2D eigenvalue weighted by molar-refractivity contribution is 5.86. The molecule has 0 aromatic heterocycles. The van der Waals surface area contributed by atoms with Crippen LogP contribution in [0.5, 0.6) is 11.5 Å². The molecule has 5 heteroatoms. The first-order valence-corrected chi connectivity index (χ1v) is 9.67. The number of carbonyl (C=O) groups is 1. The number of benzene rings is 1. The van der Waals surface area contributed by atoms with Crippen molar-refractivity contribution in [3.63, 3.8) is 0 Å². The maximum Gasteiger partial charge on any atom is 0.162 e. The van der Waals surface area contributed by atoms with Crippen LogP contribution in [-0.2, 0) is 21.4 Å². The normalized spacial score (nSPS) is 32.8. The zero-order valence-corrected chi connectivity index (χ0v) is 16.5. The maximum absolute atomic E-state index is 12.7. The van der Waals surface area contributed by atoms with Gasteiger partial charge >= 0.3 is 0 Å². The van der Waals surface area contributed by atoms with E-state index >= 15 is 0 Å². The Labute approximate surface area is 156 Å². The number of hydrogen-bond donors (Lipinski definition) is 1. The van der Waals surface area contributed by atoms with Gasteiger partial charge in [0.15, 0.2) is 17.3 Å². The van der Waals surface area contributed by atoms with Crippen molar-refractivity contribution in [2.75, 3.05) is 27.8 Å². The molecule has 144 valence electrons. The molecule has 1 aliphatic heterocycles. The number of phenols is 1. The minimum atomic E-state index is -0.313. The highest BCUT2D eigenvalue weighted by Crippen LogP contribution is 2.58. The molecule has 4 rings (SSSR count). The first-order valence-electron chi connectivity index (χ1n) is 9.67. The Balaban J connectivity index is 0.000000948. The quantitative estimate of drug-likeness (QED) is 0.878.